The number of imidazole rings is 1. The molecule has 7 nitrogen and oxygen atoms in total. The molecule has 140 valence electrons. The number of nitrogens with zero attached hydrogens (tertiary/aromatic N) is 3. The van der Waals surface area contributed by atoms with Crippen molar-refractivity contribution in [2.75, 3.05) is 17.7 Å². The van der Waals surface area contributed by atoms with Crippen LogP contribution in [0.5, 0.6) is 5.75 Å². The average Bonchev–Trinajstić information content (AvgIpc) is 3.14. The second-order valence-electron chi connectivity index (χ2n) is 5.95. The van der Waals surface area contributed by atoms with Crippen LogP contribution in [0.25, 0.3) is 17.0 Å². The molecule has 28 heavy (non-hydrogen) atoms. The lowest BCUT2D eigenvalue weighted by Gasteiger charge is -2.12. The van der Waals surface area contributed by atoms with Gasteiger partial charge in [0.15, 0.2) is 0 Å². The number of hydrogen-bond acceptors (Lipinski definition) is 4. The summed E-state index contributed by atoms with van der Waals surface area (Å²) >= 11 is 0. The highest BCUT2D eigenvalue weighted by molar-refractivity contribution is 6.01. The van der Waals surface area contributed by atoms with Crippen molar-refractivity contribution in [2.24, 2.45) is 0 Å². The Morgan fingerprint density at radius 2 is 1.96 bits per heavy atom. The zero-order valence-electron chi connectivity index (χ0n) is 14.9. The number of anilines is 2. The summed E-state index contributed by atoms with van der Waals surface area (Å²) in [4.78, 5) is 21.0. The van der Waals surface area contributed by atoms with Crippen LogP contribution in [-0.2, 0) is 0 Å². The first-order valence-corrected chi connectivity index (χ1v) is 8.44. The van der Waals surface area contributed by atoms with Gasteiger partial charge in [-0.3, -0.25) is 4.40 Å². The van der Waals surface area contributed by atoms with Gasteiger partial charge in [-0.1, -0.05) is 0 Å². The number of urea groups is 1. The maximum absolute atomic E-state index is 13.0. The van der Waals surface area contributed by atoms with Gasteiger partial charge in [-0.05, 0) is 48.5 Å². The molecule has 0 spiro atoms. The number of rotatable bonds is 4. The van der Waals surface area contributed by atoms with Crippen molar-refractivity contribution in [1.29, 1.82) is 0 Å². The van der Waals surface area contributed by atoms with Gasteiger partial charge in [-0.15, -0.1) is 0 Å². The van der Waals surface area contributed by atoms with Crippen LogP contribution in [0.2, 0.25) is 0 Å². The van der Waals surface area contributed by atoms with E-state index < -0.39 is 6.03 Å². The van der Waals surface area contributed by atoms with Gasteiger partial charge in [0.05, 0.1) is 18.5 Å². The predicted octanol–water partition coefficient (Wildman–Crippen LogP) is 4.19. The molecule has 2 aromatic heterocycles. The highest BCUT2D eigenvalue weighted by atomic mass is 19.1. The molecule has 2 N–H and O–H groups in total. The number of benzene rings is 2. The number of carbonyl (C=O) groups excluding carboxylic acids is 1. The Hall–Kier alpha value is -3.94. The molecule has 0 aliphatic heterocycles. The lowest BCUT2D eigenvalue weighted by atomic mass is 10.1. The number of carbonyl (C=O) groups is 1. The Kier molecular flexibility index (Phi) is 4.59. The third kappa shape index (κ3) is 3.61. The summed E-state index contributed by atoms with van der Waals surface area (Å²) in [5.74, 6) is 0.707. The first kappa shape index (κ1) is 17.5. The van der Waals surface area contributed by atoms with E-state index in [1.54, 1.807) is 18.3 Å². The van der Waals surface area contributed by atoms with Gasteiger partial charge >= 0.3 is 6.03 Å². The van der Waals surface area contributed by atoms with Gasteiger partial charge in [0.1, 0.15) is 11.6 Å². The van der Waals surface area contributed by atoms with E-state index in [1.807, 2.05) is 28.9 Å². The molecule has 0 fully saturated rings. The molecule has 4 aromatic rings. The summed E-state index contributed by atoms with van der Waals surface area (Å²) in [6.45, 7) is 0. The van der Waals surface area contributed by atoms with Crippen LogP contribution < -0.4 is 15.4 Å². The third-order valence-electron chi connectivity index (χ3n) is 4.08. The Morgan fingerprint density at radius 1 is 1.14 bits per heavy atom. The smallest absolute Gasteiger partial charge is 0.323 e. The van der Waals surface area contributed by atoms with Crippen molar-refractivity contribution < 1.29 is 13.9 Å². The maximum Gasteiger partial charge on any atom is 0.323 e. The van der Waals surface area contributed by atoms with Gasteiger partial charge in [0.2, 0.25) is 5.78 Å². The lowest BCUT2D eigenvalue weighted by molar-refractivity contribution is 0.262. The Morgan fingerprint density at radius 3 is 2.71 bits per heavy atom. The van der Waals surface area contributed by atoms with E-state index >= 15 is 0 Å². The zero-order chi connectivity index (χ0) is 19.5. The second-order valence-corrected chi connectivity index (χ2v) is 5.95. The summed E-state index contributed by atoms with van der Waals surface area (Å²) in [5.41, 5.74) is 2.46. The zero-order valence-corrected chi connectivity index (χ0v) is 14.9. The molecule has 0 aliphatic carbocycles. The number of aromatic nitrogens is 3. The Bertz CT molecular complexity index is 1110. The van der Waals surface area contributed by atoms with E-state index in [1.165, 1.54) is 31.4 Å². The van der Waals surface area contributed by atoms with Crippen LogP contribution in [0.3, 0.4) is 0 Å². The SMILES string of the molecule is COc1ccc(-c2cn3cccnc3n2)cc1NC(=O)Nc1ccc(F)cc1. The second kappa shape index (κ2) is 7.36. The number of nitrogens with one attached hydrogen (secondary N) is 2. The molecule has 2 amide bonds. The predicted molar refractivity (Wildman–Crippen MR) is 104 cm³/mol. The monoisotopic (exact) mass is 377 g/mol. The highest BCUT2D eigenvalue weighted by Crippen LogP contribution is 2.30. The number of amides is 2. The van der Waals surface area contributed by atoms with Crippen molar-refractivity contribution in [3.8, 4) is 17.0 Å². The van der Waals surface area contributed by atoms with Crippen LogP contribution in [0.1, 0.15) is 0 Å². The van der Waals surface area contributed by atoms with Crippen molar-refractivity contribution >= 4 is 23.2 Å². The minimum absolute atomic E-state index is 0.373. The molecule has 0 saturated carbocycles. The number of fused-ring (bicyclic) bond motifs is 1. The average molecular weight is 377 g/mol. The van der Waals surface area contributed by atoms with Gasteiger partial charge in [-0.2, -0.15) is 0 Å². The third-order valence-corrected chi connectivity index (χ3v) is 4.08. The fourth-order valence-electron chi connectivity index (χ4n) is 2.75. The van der Waals surface area contributed by atoms with E-state index in [4.69, 9.17) is 4.74 Å². The van der Waals surface area contributed by atoms with Crippen molar-refractivity contribution in [3.63, 3.8) is 0 Å². The van der Waals surface area contributed by atoms with Crippen LogP contribution in [0.4, 0.5) is 20.6 Å². The van der Waals surface area contributed by atoms with Gasteiger partial charge in [-0.25, -0.2) is 19.2 Å². The minimum atomic E-state index is -0.473. The molecule has 2 aromatic carbocycles. The number of methoxy groups -OCH3 is 1. The molecule has 0 atom stereocenters. The van der Waals surface area contributed by atoms with Crippen molar-refractivity contribution in [3.05, 3.63) is 72.9 Å². The number of hydrogen-bond donors (Lipinski definition) is 2. The Balaban J connectivity index is 1.59. The van der Waals surface area contributed by atoms with E-state index in [-0.39, 0.29) is 5.82 Å². The topological polar surface area (TPSA) is 80.6 Å². The van der Waals surface area contributed by atoms with Crippen LogP contribution in [0.15, 0.2) is 67.1 Å². The molecular weight excluding hydrogens is 361 g/mol. The molecule has 8 heteroatoms. The van der Waals surface area contributed by atoms with E-state index in [0.29, 0.717) is 28.6 Å². The van der Waals surface area contributed by atoms with Gasteiger partial charge < -0.3 is 15.4 Å². The van der Waals surface area contributed by atoms with E-state index in [0.717, 1.165) is 5.56 Å². The minimum Gasteiger partial charge on any atom is -0.495 e. The normalized spacial score (nSPS) is 10.6. The quantitative estimate of drug-likeness (QED) is 0.559. The highest BCUT2D eigenvalue weighted by Gasteiger charge is 2.12. The van der Waals surface area contributed by atoms with E-state index in [9.17, 15) is 9.18 Å². The van der Waals surface area contributed by atoms with Gasteiger partial charge in [0.25, 0.3) is 0 Å². The molecule has 0 radical (unpaired) electrons. The molecule has 4 rings (SSSR count). The first-order valence-electron chi connectivity index (χ1n) is 8.44. The fraction of sp³-hybridized carbons (Fsp3) is 0.0500. The van der Waals surface area contributed by atoms with Crippen molar-refractivity contribution in [1.82, 2.24) is 14.4 Å². The summed E-state index contributed by atoms with van der Waals surface area (Å²) < 4.78 is 20.1. The molecule has 0 saturated heterocycles. The van der Waals surface area contributed by atoms with E-state index in [2.05, 4.69) is 20.6 Å². The summed E-state index contributed by atoms with van der Waals surface area (Å²) in [7, 11) is 1.52. The van der Waals surface area contributed by atoms with Crippen LogP contribution in [-0.4, -0.2) is 27.5 Å². The maximum atomic E-state index is 13.0. The van der Waals surface area contributed by atoms with Crippen molar-refractivity contribution in [2.45, 2.75) is 0 Å². The lowest BCUT2D eigenvalue weighted by Crippen LogP contribution is -2.19. The summed E-state index contributed by atoms with van der Waals surface area (Å²) in [5, 5.41) is 5.40. The van der Waals surface area contributed by atoms with Crippen LogP contribution in [0, 0.1) is 5.82 Å². The number of ether oxygens (including phenoxy) is 1. The molecule has 0 unspecified atom stereocenters. The standard InChI is InChI=1S/C20H16FN5O2/c1-28-18-8-3-13(17-12-26-10-2-9-22-19(26)24-17)11-16(18)25-20(27)23-15-6-4-14(21)5-7-15/h2-12H,1H3,(H2,23,25,27). The number of halogens is 1. The molecule has 0 aliphatic rings. The summed E-state index contributed by atoms with van der Waals surface area (Å²) in [6, 6.07) is 12.2. The molecule has 2 heterocycles. The fourth-order valence-corrected chi connectivity index (χ4v) is 2.75. The largest absolute Gasteiger partial charge is 0.495 e. The molecular formula is C20H16FN5O2. The Labute approximate surface area is 159 Å². The van der Waals surface area contributed by atoms with Crippen LogP contribution >= 0.6 is 0 Å². The first-order chi connectivity index (χ1) is 13.6. The van der Waals surface area contributed by atoms with Gasteiger partial charge in [0, 0.05) is 29.8 Å². The molecule has 0 bridgehead atoms. The summed E-state index contributed by atoms with van der Waals surface area (Å²) in [6.07, 6.45) is 5.39.